The van der Waals surface area contributed by atoms with Crippen molar-refractivity contribution in [3.63, 3.8) is 0 Å². The number of pyridine rings is 1. The molecule has 142 valence electrons. The number of nitrogens with zero attached hydrogens (tertiary/aromatic N) is 4. The van der Waals surface area contributed by atoms with Gasteiger partial charge in [-0.2, -0.15) is 0 Å². The first-order valence-electron chi connectivity index (χ1n) is 10.0. The molecule has 1 spiro atoms. The van der Waals surface area contributed by atoms with Crippen LogP contribution in [-0.2, 0) is 11.8 Å². The number of fused-ring (bicyclic) bond motifs is 2. The normalized spacial score (nSPS) is 16.4. The van der Waals surface area contributed by atoms with Gasteiger partial charge < -0.3 is 4.90 Å². The lowest BCUT2D eigenvalue weighted by Crippen LogP contribution is -2.21. The predicted molar refractivity (Wildman–Crippen MR) is 115 cm³/mol. The van der Waals surface area contributed by atoms with Crippen LogP contribution in [0.15, 0.2) is 53.8 Å². The first-order valence-corrected chi connectivity index (χ1v) is 11.0. The lowest BCUT2D eigenvalue weighted by molar-refractivity contribution is 0.735. The minimum atomic E-state index is 0.323. The number of thioether (sulfide) groups is 1. The third-order valence-corrected chi connectivity index (χ3v) is 6.74. The van der Waals surface area contributed by atoms with Crippen LogP contribution in [0.4, 0.5) is 11.6 Å². The number of rotatable bonds is 5. The molecule has 2 aliphatic rings. The van der Waals surface area contributed by atoms with Crippen LogP contribution in [0.25, 0.3) is 11.3 Å². The van der Waals surface area contributed by atoms with Gasteiger partial charge in [-0.3, -0.25) is 4.98 Å². The second kappa shape index (κ2) is 6.89. The quantitative estimate of drug-likeness (QED) is 0.548. The van der Waals surface area contributed by atoms with Crippen LogP contribution in [0.3, 0.4) is 0 Å². The van der Waals surface area contributed by atoms with Crippen molar-refractivity contribution in [2.45, 2.75) is 43.4 Å². The van der Waals surface area contributed by atoms with Gasteiger partial charge in [-0.15, -0.1) is 11.8 Å². The Morgan fingerprint density at radius 1 is 1.04 bits per heavy atom. The summed E-state index contributed by atoms with van der Waals surface area (Å²) in [6.07, 6.45) is 9.21. The highest BCUT2D eigenvalue weighted by Gasteiger charge is 2.52. The fourth-order valence-corrected chi connectivity index (χ4v) is 4.81. The van der Waals surface area contributed by atoms with Gasteiger partial charge in [0.15, 0.2) is 0 Å². The van der Waals surface area contributed by atoms with E-state index in [0.29, 0.717) is 5.41 Å². The number of hydrogen-bond donors (Lipinski definition) is 0. The molecule has 5 heteroatoms. The summed E-state index contributed by atoms with van der Waals surface area (Å²) < 4.78 is 0. The largest absolute Gasteiger partial charge is 0.309 e. The SMILES string of the molecule is CCSc1ccc2c(c1)N(c1ncc(-c3cc(CC)ccn3)cn1)CC21CC1. The Morgan fingerprint density at radius 3 is 2.57 bits per heavy atom. The van der Waals surface area contributed by atoms with Crippen molar-refractivity contribution in [1.82, 2.24) is 15.0 Å². The van der Waals surface area contributed by atoms with E-state index in [4.69, 9.17) is 9.97 Å². The van der Waals surface area contributed by atoms with Crippen molar-refractivity contribution in [1.29, 1.82) is 0 Å². The highest BCUT2D eigenvalue weighted by atomic mass is 32.2. The second-order valence-electron chi connectivity index (χ2n) is 7.65. The minimum Gasteiger partial charge on any atom is -0.309 e. The summed E-state index contributed by atoms with van der Waals surface area (Å²) in [5.74, 6) is 1.87. The topological polar surface area (TPSA) is 41.9 Å². The van der Waals surface area contributed by atoms with E-state index >= 15 is 0 Å². The van der Waals surface area contributed by atoms with Crippen molar-refractivity contribution in [2.75, 3.05) is 17.2 Å². The van der Waals surface area contributed by atoms with Crippen LogP contribution in [0.1, 0.15) is 37.8 Å². The molecule has 0 unspecified atom stereocenters. The Labute approximate surface area is 170 Å². The second-order valence-corrected chi connectivity index (χ2v) is 8.99. The van der Waals surface area contributed by atoms with E-state index in [1.165, 1.54) is 34.6 Å². The van der Waals surface area contributed by atoms with E-state index in [1.54, 1.807) is 0 Å². The Bertz CT molecular complexity index is 1010. The zero-order chi connectivity index (χ0) is 19.1. The van der Waals surface area contributed by atoms with Crippen molar-refractivity contribution in [2.24, 2.45) is 0 Å². The fourth-order valence-electron chi connectivity index (χ4n) is 4.11. The van der Waals surface area contributed by atoms with E-state index in [9.17, 15) is 0 Å². The summed E-state index contributed by atoms with van der Waals surface area (Å²) in [5.41, 5.74) is 6.26. The van der Waals surface area contributed by atoms with Gasteiger partial charge in [0.05, 0.1) is 5.69 Å². The standard InChI is InChI=1S/C23H24N4S/c1-3-16-7-10-24-20(11-16)17-13-25-22(26-14-17)27-15-23(8-9-23)19-6-5-18(28-4-2)12-21(19)27/h5-7,10-14H,3-4,8-9,15H2,1-2H3. The highest BCUT2D eigenvalue weighted by molar-refractivity contribution is 7.99. The van der Waals surface area contributed by atoms with E-state index in [1.807, 2.05) is 30.4 Å². The molecule has 0 bridgehead atoms. The van der Waals surface area contributed by atoms with Gasteiger partial charge in [-0.1, -0.05) is 19.9 Å². The molecule has 0 radical (unpaired) electrons. The summed E-state index contributed by atoms with van der Waals surface area (Å²) in [4.78, 5) is 17.6. The van der Waals surface area contributed by atoms with E-state index < -0.39 is 0 Å². The first-order chi connectivity index (χ1) is 13.7. The van der Waals surface area contributed by atoms with Crippen molar-refractivity contribution < 1.29 is 0 Å². The zero-order valence-electron chi connectivity index (χ0n) is 16.4. The third kappa shape index (κ3) is 2.98. The number of benzene rings is 1. The molecule has 1 aliphatic carbocycles. The van der Waals surface area contributed by atoms with Gasteiger partial charge in [0.25, 0.3) is 0 Å². The molecule has 0 N–H and O–H groups in total. The molecule has 5 rings (SSSR count). The van der Waals surface area contributed by atoms with Gasteiger partial charge in [-0.25, -0.2) is 9.97 Å². The van der Waals surface area contributed by atoms with Gasteiger partial charge in [0.1, 0.15) is 0 Å². The fraction of sp³-hybridized carbons (Fsp3) is 0.348. The van der Waals surface area contributed by atoms with Gasteiger partial charge in [0.2, 0.25) is 5.95 Å². The predicted octanol–water partition coefficient (Wildman–Crippen LogP) is 5.40. The minimum absolute atomic E-state index is 0.323. The molecule has 1 aromatic carbocycles. The third-order valence-electron chi connectivity index (χ3n) is 5.86. The van der Waals surface area contributed by atoms with Crippen LogP contribution in [-0.4, -0.2) is 27.2 Å². The van der Waals surface area contributed by atoms with Crippen molar-refractivity contribution >= 4 is 23.4 Å². The smallest absolute Gasteiger partial charge is 0.229 e. The van der Waals surface area contributed by atoms with Crippen LogP contribution >= 0.6 is 11.8 Å². The van der Waals surface area contributed by atoms with E-state index in [0.717, 1.165) is 35.9 Å². The lowest BCUT2D eigenvalue weighted by atomic mass is 9.99. The average Bonchev–Trinajstić information content (AvgIpc) is 3.45. The highest BCUT2D eigenvalue weighted by Crippen LogP contribution is 2.58. The summed E-state index contributed by atoms with van der Waals surface area (Å²) >= 11 is 1.89. The Hall–Kier alpha value is -2.40. The molecule has 3 aromatic rings. The van der Waals surface area contributed by atoms with Gasteiger partial charge in [0, 0.05) is 46.7 Å². The van der Waals surface area contributed by atoms with Crippen LogP contribution < -0.4 is 4.90 Å². The first kappa shape index (κ1) is 17.7. The van der Waals surface area contributed by atoms with Gasteiger partial charge in [-0.05, 0) is 60.4 Å². The number of hydrogen-bond acceptors (Lipinski definition) is 5. The molecule has 3 heterocycles. The molecule has 0 saturated heterocycles. The number of aryl methyl sites for hydroxylation is 1. The van der Waals surface area contributed by atoms with Crippen molar-refractivity contribution in [3.05, 3.63) is 60.0 Å². The number of aromatic nitrogens is 3. The van der Waals surface area contributed by atoms with Crippen LogP contribution in [0.5, 0.6) is 0 Å². The van der Waals surface area contributed by atoms with E-state index in [2.05, 4.69) is 54.1 Å². The molecule has 28 heavy (non-hydrogen) atoms. The van der Waals surface area contributed by atoms with Crippen LogP contribution in [0, 0.1) is 0 Å². The Morgan fingerprint density at radius 2 is 1.86 bits per heavy atom. The summed E-state index contributed by atoms with van der Waals surface area (Å²) in [7, 11) is 0. The average molecular weight is 389 g/mol. The maximum absolute atomic E-state index is 4.73. The molecule has 0 atom stereocenters. The molecule has 1 fully saturated rings. The summed E-state index contributed by atoms with van der Waals surface area (Å²) in [6.45, 7) is 5.34. The Kier molecular flexibility index (Phi) is 4.35. The molecule has 2 aromatic heterocycles. The summed E-state index contributed by atoms with van der Waals surface area (Å²) in [5, 5.41) is 0. The monoisotopic (exact) mass is 388 g/mol. The lowest BCUT2D eigenvalue weighted by Gasteiger charge is -2.18. The van der Waals surface area contributed by atoms with E-state index in [-0.39, 0.29) is 0 Å². The van der Waals surface area contributed by atoms with Gasteiger partial charge >= 0.3 is 0 Å². The molecular weight excluding hydrogens is 364 g/mol. The maximum atomic E-state index is 4.73. The zero-order valence-corrected chi connectivity index (χ0v) is 17.2. The molecule has 4 nitrogen and oxygen atoms in total. The maximum Gasteiger partial charge on any atom is 0.229 e. The van der Waals surface area contributed by atoms with Crippen molar-refractivity contribution in [3.8, 4) is 11.3 Å². The molecule has 0 amide bonds. The molecule has 1 saturated carbocycles. The Balaban J connectivity index is 1.48. The molecular formula is C23H24N4S. The van der Waals surface area contributed by atoms with Crippen LogP contribution in [0.2, 0.25) is 0 Å². The molecule has 1 aliphatic heterocycles. The number of anilines is 2. The summed E-state index contributed by atoms with van der Waals surface area (Å²) in [6, 6.07) is 11.1.